The summed E-state index contributed by atoms with van der Waals surface area (Å²) in [5, 5.41) is 19.8. The lowest BCUT2D eigenvalue weighted by molar-refractivity contribution is -0.141. The molecule has 1 N–H and O–H groups in total. The van der Waals surface area contributed by atoms with Crippen molar-refractivity contribution < 1.29 is 32.2 Å². The van der Waals surface area contributed by atoms with E-state index in [0.29, 0.717) is 41.8 Å². The lowest BCUT2D eigenvalue weighted by Crippen LogP contribution is -2.65. The average molecular weight is 655 g/mol. The number of alkyl halides is 3. The van der Waals surface area contributed by atoms with Crippen molar-refractivity contribution in [2.75, 3.05) is 39.3 Å². The zero-order chi connectivity index (χ0) is 33.5. The summed E-state index contributed by atoms with van der Waals surface area (Å²) in [5.41, 5.74) is -0.917. The Morgan fingerprint density at radius 2 is 1.96 bits per heavy atom. The van der Waals surface area contributed by atoms with Gasteiger partial charge in [0, 0.05) is 25.2 Å². The monoisotopic (exact) mass is 654 g/mol. The molecular weight excluding hydrogens is 620 g/mol. The van der Waals surface area contributed by atoms with E-state index >= 15 is 4.39 Å². The number of amides is 1. The van der Waals surface area contributed by atoms with Crippen LogP contribution in [0.3, 0.4) is 0 Å². The van der Waals surface area contributed by atoms with Crippen LogP contribution in [0.2, 0.25) is 0 Å². The van der Waals surface area contributed by atoms with E-state index in [2.05, 4.69) is 37.0 Å². The zero-order valence-corrected chi connectivity index (χ0v) is 26.1. The smallest absolute Gasteiger partial charge is 0.320 e. The van der Waals surface area contributed by atoms with Gasteiger partial charge in [-0.1, -0.05) is 11.1 Å². The highest BCUT2D eigenvalue weighted by Crippen LogP contribution is 2.37. The SMILES string of the molecule is CC#CC(=O)N1CC(F)(CN2CCC(n3nnc(-c4cc(OCC(C)(O)c5ccc(F)cn5)c5c(c4)ncn5C(F)F)c3C)CC2)C1. The lowest BCUT2D eigenvalue weighted by Gasteiger charge is -2.46. The highest BCUT2D eigenvalue weighted by Gasteiger charge is 2.47. The van der Waals surface area contributed by atoms with Crippen LogP contribution in [0.1, 0.15) is 50.7 Å². The average Bonchev–Trinajstić information content (AvgIpc) is 3.63. The number of likely N-dealkylation sites (tertiary alicyclic amines) is 2. The van der Waals surface area contributed by atoms with Gasteiger partial charge in [-0.25, -0.2) is 18.4 Å². The van der Waals surface area contributed by atoms with Crippen molar-refractivity contribution in [3.8, 4) is 28.8 Å². The minimum Gasteiger partial charge on any atom is -0.488 e. The van der Waals surface area contributed by atoms with Crippen LogP contribution in [0.15, 0.2) is 36.8 Å². The van der Waals surface area contributed by atoms with E-state index in [1.165, 1.54) is 17.9 Å². The number of carbonyl (C=O) groups excluding carboxylic acids is 1. The first-order valence-corrected chi connectivity index (χ1v) is 15.2. The van der Waals surface area contributed by atoms with Gasteiger partial charge in [-0.15, -0.1) is 5.10 Å². The lowest BCUT2D eigenvalue weighted by atomic mass is 9.93. The van der Waals surface area contributed by atoms with Crippen LogP contribution in [0.4, 0.5) is 17.6 Å². The first-order valence-electron chi connectivity index (χ1n) is 15.2. The molecule has 1 aromatic carbocycles. The van der Waals surface area contributed by atoms with Crippen molar-refractivity contribution in [1.82, 2.24) is 39.3 Å². The van der Waals surface area contributed by atoms with Crippen molar-refractivity contribution in [3.05, 3.63) is 54.0 Å². The van der Waals surface area contributed by atoms with Crippen LogP contribution in [-0.2, 0) is 10.4 Å². The standard InChI is InChI=1S/C32H34F4N8O3/c1-4-5-27(45)42-16-32(36,17-42)15-41-10-8-23(9-11-41)44-20(2)28(39-40-44)21-12-24-29(43(19-38-24)30(34)35)25(13-21)47-18-31(3,46)26-7-6-22(33)14-37-26/h6-7,12-14,19,23,30,46H,8-11,15-18H2,1-3H3. The van der Waals surface area contributed by atoms with Crippen molar-refractivity contribution in [2.45, 2.75) is 57.5 Å². The Hall–Kier alpha value is -4.55. The summed E-state index contributed by atoms with van der Waals surface area (Å²) < 4.78 is 64.9. The summed E-state index contributed by atoms with van der Waals surface area (Å²) in [4.78, 5) is 23.4. The van der Waals surface area contributed by atoms with E-state index in [1.807, 2.05) is 11.6 Å². The number of imidazole rings is 1. The van der Waals surface area contributed by atoms with Gasteiger partial charge in [0.1, 0.15) is 41.3 Å². The quantitative estimate of drug-likeness (QED) is 0.213. The third kappa shape index (κ3) is 6.52. The predicted octanol–water partition coefficient (Wildman–Crippen LogP) is 4.03. The number of halogens is 4. The summed E-state index contributed by atoms with van der Waals surface area (Å²) in [7, 11) is 0. The van der Waals surface area contributed by atoms with Crippen LogP contribution < -0.4 is 4.74 Å². The molecule has 3 aromatic heterocycles. The maximum Gasteiger partial charge on any atom is 0.320 e. The third-order valence-electron chi connectivity index (χ3n) is 8.71. The van der Waals surface area contributed by atoms with E-state index in [-0.39, 0.29) is 60.7 Å². The number of benzene rings is 1. The molecule has 5 heterocycles. The molecule has 6 rings (SSSR count). The molecule has 0 spiro atoms. The minimum atomic E-state index is -2.89. The molecule has 2 aliphatic rings. The molecule has 4 aromatic rings. The molecule has 1 atom stereocenters. The summed E-state index contributed by atoms with van der Waals surface area (Å²) in [6.07, 6.45) is 3.41. The molecule has 15 heteroatoms. The Morgan fingerprint density at radius 3 is 2.62 bits per heavy atom. The van der Waals surface area contributed by atoms with Gasteiger partial charge >= 0.3 is 6.55 Å². The van der Waals surface area contributed by atoms with Gasteiger partial charge in [-0.05, 0) is 63.8 Å². The van der Waals surface area contributed by atoms with Crippen LogP contribution in [0, 0.1) is 24.6 Å². The number of pyridine rings is 1. The van der Waals surface area contributed by atoms with Crippen molar-refractivity contribution >= 4 is 16.9 Å². The van der Waals surface area contributed by atoms with E-state index in [1.54, 1.807) is 19.1 Å². The Balaban J connectivity index is 1.18. The Labute approximate surface area is 268 Å². The highest BCUT2D eigenvalue weighted by molar-refractivity contribution is 5.94. The van der Waals surface area contributed by atoms with Gasteiger partial charge in [-0.3, -0.25) is 19.2 Å². The van der Waals surface area contributed by atoms with E-state index in [9.17, 15) is 23.1 Å². The molecule has 2 fully saturated rings. The Morgan fingerprint density at radius 1 is 1.21 bits per heavy atom. The van der Waals surface area contributed by atoms with Gasteiger partial charge < -0.3 is 14.7 Å². The van der Waals surface area contributed by atoms with Gasteiger partial charge in [0.2, 0.25) is 0 Å². The van der Waals surface area contributed by atoms with Crippen LogP contribution in [-0.4, -0.2) is 95.3 Å². The van der Waals surface area contributed by atoms with Crippen LogP contribution in [0.25, 0.3) is 22.3 Å². The van der Waals surface area contributed by atoms with Gasteiger partial charge in [0.15, 0.2) is 5.67 Å². The summed E-state index contributed by atoms with van der Waals surface area (Å²) in [6.45, 7) is 3.21. The topological polar surface area (TPSA) is 114 Å². The Kier molecular flexibility index (Phi) is 8.66. The number of aromatic nitrogens is 6. The normalized spacial score (nSPS) is 18.1. The molecule has 2 saturated heterocycles. The fraction of sp³-hybridized carbons (Fsp3) is 0.469. The maximum absolute atomic E-state index is 15.2. The number of rotatable bonds is 9. The fourth-order valence-corrected chi connectivity index (χ4v) is 6.26. The number of hydrogen-bond acceptors (Lipinski definition) is 8. The largest absolute Gasteiger partial charge is 0.488 e. The number of piperidine rings is 1. The molecule has 47 heavy (non-hydrogen) atoms. The number of aliphatic hydroxyl groups is 1. The third-order valence-corrected chi connectivity index (χ3v) is 8.71. The second kappa shape index (κ2) is 12.6. The van der Waals surface area contributed by atoms with Crippen LogP contribution in [0.5, 0.6) is 5.75 Å². The van der Waals surface area contributed by atoms with E-state index < -0.39 is 23.6 Å². The second-order valence-corrected chi connectivity index (χ2v) is 12.4. The molecule has 0 radical (unpaired) electrons. The minimum absolute atomic E-state index is 0.0122. The van der Waals surface area contributed by atoms with E-state index in [0.717, 1.165) is 24.3 Å². The number of nitrogens with zero attached hydrogens (tertiary/aromatic N) is 8. The van der Waals surface area contributed by atoms with E-state index in [4.69, 9.17) is 4.74 Å². The highest BCUT2D eigenvalue weighted by atomic mass is 19.3. The molecule has 1 amide bonds. The molecule has 0 saturated carbocycles. The summed E-state index contributed by atoms with van der Waals surface area (Å²) >= 11 is 0. The van der Waals surface area contributed by atoms with Crippen LogP contribution >= 0.6 is 0 Å². The predicted molar refractivity (Wildman–Crippen MR) is 163 cm³/mol. The van der Waals surface area contributed by atoms with Crippen molar-refractivity contribution in [1.29, 1.82) is 0 Å². The first-order chi connectivity index (χ1) is 22.4. The summed E-state index contributed by atoms with van der Waals surface area (Å²) in [6, 6.07) is 5.68. The van der Waals surface area contributed by atoms with Gasteiger partial charge in [0.05, 0.1) is 42.2 Å². The first kappa shape index (κ1) is 32.4. The Bertz CT molecular complexity index is 1830. The number of hydrogen-bond donors (Lipinski definition) is 1. The fourth-order valence-electron chi connectivity index (χ4n) is 6.26. The molecule has 248 valence electrons. The van der Waals surface area contributed by atoms with Crippen molar-refractivity contribution in [2.24, 2.45) is 0 Å². The summed E-state index contributed by atoms with van der Waals surface area (Å²) in [5.74, 6) is 4.11. The maximum atomic E-state index is 15.2. The number of carbonyl (C=O) groups is 1. The van der Waals surface area contributed by atoms with Gasteiger partial charge in [-0.2, -0.15) is 8.78 Å². The van der Waals surface area contributed by atoms with Gasteiger partial charge in [0.25, 0.3) is 5.91 Å². The van der Waals surface area contributed by atoms with Crippen molar-refractivity contribution in [3.63, 3.8) is 0 Å². The zero-order valence-electron chi connectivity index (χ0n) is 26.1. The molecule has 11 nitrogen and oxygen atoms in total. The molecule has 0 bridgehead atoms. The number of fused-ring (bicyclic) bond motifs is 1. The molecule has 0 aliphatic carbocycles. The molecular formula is C32H34F4N8O3. The molecule has 2 aliphatic heterocycles. The molecule has 1 unspecified atom stereocenters. The number of ether oxygens (including phenoxy) is 1. The second-order valence-electron chi connectivity index (χ2n) is 12.4.